The van der Waals surface area contributed by atoms with Crippen molar-refractivity contribution < 1.29 is 9.84 Å². The average Bonchev–Trinajstić information content (AvgIpc) is 2.40. The van der Waals surface area contributed by atoms with E-state index in [1.807, 2.05) is 24.3 Å². The lowest BCUT2D eigenvalue weighted by Crippen LogP contribution is -2.48. The van der Waals surface area contributed by atoms with E-state index in [2.05, 4.69) is 4.90 Å². The summed E-state index contributed by atoms with van der Waals surface area (Å²) in [5.74, 6) is 0.841. The number of rotatable bonds is 1. The molecule has 0 saturated carbocycles. The van der Waals surface area contributed by atoms with Gasteiger partial charge in [0.15, 0.2) is 0 Å². The summed E-state index contributed by atoms with van der Waals surface area (Å²) < 4.78 is 5.76. The van der Waals surface area contributed by atoms with Gasteiger partial charge in [0.25, 0.3) is 0 Å². The molecule has 0 radical (unpaired) electrons. The Morgan fingerprint density at radius 1 is 1.12 bits per heavy atom. The van der Waals surface area contributed by atoms with Crippen molar-refractivity contribution in [2.45, 2.75) is 31.4 Å². The molecule has 2 aliphatic rings. The van der Waals surface area contributed by atoms with E-state index in [1.54, 1.807) is 0 Å². The molecule has 1 aromatic rings. The summed E-state index contributed by atoms with van der Waals surface area (Å²) in [6.45, 7) is 2.79. The first-order chi connectivity index (χ1) is 8.36. The number of likely N-dealkylation sites (tertiary alicyclic amines) is 1. The topological polar surface area (TPSA) is 32.7 Å². The molecule has 3 heteroatoms. The largest absolute Gasteiger partial charge is 0.491 e. The fourth-order valence-electron chi connectivity index (χ4n) is 2.89. The van der Waals surface area contributed by atoms with E-state index in [1.165, 1.54) is 19.3 Å². The molecule has 0 amide bonds. The lowest BCUT2D eigenvalue weighted by molar-refractivity contribution is -0.00433. The van der Waals surface area contributed by atoms with Crippen LogP contribution in [0.5, 0.6) is 5.75 Å². The average molecular weight is 233 g/mol. The second-order valence-electron chi connectivity index (χ2n) is 4.96. The smallest absolute Gasteiger partial charge is 0.125 e. The summed E-state index contributed by atoms with van der Waals surface area (Å²) in [5.41, 5.74) is 0.939. The zero-order valence-electron chi connectivity index (χ0n) is 10.0. The Kier molecular flexibility index (Phi) is 3.04. The van der Waals surface area contributed by atoms with E-state index in [4.69, 9.17) is 4.74 Å². The summed E-state index contributed by atoms with van der Waals surface area (Å²) in [7, 11) is 0. The van der Waals surface area contributed by atoms with E-state index in [-0.39, 0.29) is 6.04 Å². The number of aliphatic hydroxyl groups excluding tert-OH is 1. The molecule has 1 aromatic carbocycles. The van der Waals surface area contributed by atoms with E-state index in [9.17, 15) is 5.11 Å². The Bertz CT molecular complexity index is 388. The molecule has 2 atom stereocenters. The van der Waals surface area contributed by atoms with Crippen LogP contribution in [0.1, 0.15) is 30.9 Å². The van der Waals surface area contributed by atoms with Gasteiger partial charge in [0.05, 0.1) is 6.04 Å². The van der Waals surface area contributed by atoms with Crippen molar-refractivity contribution >= 4 is 0 Å². The Balaban J connectivity index is 1.81. The van der Waals surface area contributed by atoms with Gasteiger partial charge in [-0.2, -0.15) is 0 Å². The molecule has 17 heavy (non-hydrogen) atoms. The lowest BCUT2D eigenvalue weighted by Gasteiger charge is -2.40. The molecule has 1 fully saturated rings. The van der Waals surface area contributed by atoms with Crippen LogP contribution in [-0.2, 0) is 0 Å². The number of para-hydroxylation sites is 1. The molecule has 92 valence electrons. The molecule has 3 nitrogen and oxygen atoms in total. The second kappa shape index (κ2) is 4.67. The predicted molar refractivity (Wildman–Crippen MR) is 66.1 cm³/mol. The number of piperidine rings is 1. The molecule has 0 bridgehead atoms. The molecule has 0 unspecified atom stereocenters. The maximum absolute atomic E-state index is 10.5. The van der Waals surface area contributed by atoms with E-state index in [0.29, 0.717) is 6.61 Å². The number of fused-ring (bicyclic) bond motifs is 1. The van der Waals surface area contributed by atoms with Gasteiger partial charge in [-0.1, -0.05) is 24.6 Å². The Morgan fingerprint density at radius 2 is 1.88 bits per heavy atom. The Hall–Kier alpha value is -1.06. The summed E-state index contributed by atoms with van der Waals surface area (Å²) in [6.07, 6.45) is 3.39. The SMILES string of the molecule is O[C@H]1c2ccccc2OC[C@H]1N1CCCCC1. The van der Waals surface area contributed by atoms with Crippen molar-refractivity contribution in [1.29, 1.82) is 0 Å². The summed E-state index contributed by atoms with van der Waals surface area (Å²) in [6, 6.07) is 7.95. The van der Waals surface area contributed by atoms with Crippen molar-refractivity contribution in [3.63, 3.8) is 0 Å². The summed E-state index contributed by atoms with van der Waals surface area (Å²) in [4.78, 5) is 2.38. The quantitative estimate of drug-likeness (QED) is 0.805. The van der Waals surface area contributed by atoms with E-state index in [0.717, 1.165) is 24.4 Å². The van der Waals surface area contributed by atoms with Gasteiger partial charge in [-0.05, 0) is 32.0 Å². The minimum Gasteiger partial charge on any atom is -0.491 e. The standard InChI is InChI=1S/C14H19NO2/c16-14-11-6-2-3-7-13(11)17-10-12(14)15-8-4-1-5-9-15/h2-3,6-7,12,14,16H,1,4-5,8-10H2/t12-,14+/m1/s1. The number of nitrogens with zero attached hydrogens (tertiary/aromatic N) is 1. The van der Waals surface area contributed by atoms with E-state index >= 15 is 0 Å². The van der Waals surface area contributed by atoms with Crippen LogP contribution in [0.25, 0.3) is 0 Å². The maximum Gasteiger partial charge on any atom is 0.125 e. The Morgan fingerprint density at radius 3 is 2.71 bits per heavy atom. The zero-order valence-corrected chi connectivity index (χ0v) is 10.0. The van der Waals surface area contributed by atoms with Crippen LogP contribution in [0.4, 0.5) is 0 Å². The highest BCUT2D eigenvalue weighted by molar-refractivity contribution is 5.37. The van der Waals surface area contributed by atoms with Crippen LogP contribution >= 0.6 is 0 Å². The molecule has 0 spiro atoms. The van der Waals surface area contributed by atoms with Crippen LogP contribution in [-0.4, -0.2) is 35.7 Å². The summed E-state index contributed by atoms with van der Waals surface area (Å²) in [5, 5.41) is 10.5. The highest BCUT2D eigenvalue weighted by atomic mass is 16.5. The molecule has 0 aromatic heterocycles. The lowest BCUT2D eigenvalue weighted by atomic mass is 9.96. The van der Waals surface area contributed by atoms with E-state index < -0.39 is 6.10 Å². The molecule has 0 aliphatic carbocycles. The molecular weight excluding hydrogens is 214 g/mol. The first kappa shape index (κ1) is 11.1. The molecule has 1 N–H and O–H groups in total. The van der Waals surface area contributed by atoms with Crippen molar-refractivity contribution in [3.05, 3.63) is 29.8 Å². The fourth-order valence-corrected chi connectivity index (χ4v) is 2.89. The summed E-state index contributed by atoms with van der Waals surface area (Å²) >= 11 is 0. The first-order valence-electron chi connectivity index (χ1n) is 6.50. The first-order valence-corrected chi connectivity index (χ1v) is 6.50. The van der Waals surface area contributed by atoms with Gasteiger partial charge in [-0.25, -0.2) is 0 Å². The third-order valence-electron chi connectivity index (χ3n) is 3.87. The number of hydrogen-bond acceptors (Lipinski definition) is 3. The second-order valence-corrected chi connectivity index (χ2v) is 4.96. The van der Waals surface area contributed by atoms with Crippen LogP contribution in [0.2, 0.25) is 0 Å². The van der Waals surface area contributed by atoms with Crippen molar-refractivity contribution in [2.75, 3.05) is 19.7 Å². The molecular formula is C14H19NO2. The molecule has 1 saturated heterocycles. The van der Waals surface area contributed by atoms with Crippen molar-refractivity contribution in [1.82, 2.24) is 4.90 Å². The predicted octanol–water partition coefficient (Wildman–Crippen LogP) is 1.97. The highest BCUT2D eigenvalue weighted by Crippen LogP contribution is 2.34. The van der Waals surface area contributed by atoms with Crippen LogP contribution < -0.4 is 4.74 Å². The normalized spacial score (nSPS) is 29.5. The number of hydrogen-bond donors (Lipinski definition) is 1. The van der Waals surface area contributed by atoms with Crippen molar-refractivity contribution in [2.24, 2.45) is 0 Å². The van der Waals surface area contributed by atoms with Gasteiger partial charge < -0.3 is 9.84 Å². The molecule has 3 rings (SSSR count). The monoisotopic (exact) mass is 233 g/mol. The minimum absolute atomic E-state index is 0.130. The molecule has 2 aliphatic heterocycles. The van der Waals surface area contributed by atoms with Gasteiger partial charge in [0.2, 0.25) is 0 Å². The third kappa shape index (κ3) is 2.05. The third-order valence-corrected chi connectivity index (χ3v) is 3.87. The maximum atomic E-state index is 10.5. The number of ether oxygens (including phenoxy) is 1. The zero-order chi connectivity index (χ0) is 11.7. The molecule has 2 heterocycles. The van der Waals surface area contributed by atoms with Crippen LogP contribution in [0.3, 0.4) is 0 Å². The van der Waals surface area contributed by atoms with Gasteiger partial charge in [0.1, 0.15) is 18.5 Å². The Labute approximate surface area is 102 Å². The van der Waals surface area contributed by atoms with Gasteiger partial charge in [0, 0.05) is 5.56 Å². The fraction of sp³-hybridized carbons (Fsp3) is 0.571. The van der Waals surface area contributed by atoms with Crippen molar-refractivity contribution in [3.8, 4) is 5.75 Å². The van der Waals surface area contributed by atoms with Gasteiger partial charge >= 0.3 is 0 Å². The van der Waals surface area contributed by atoms with Gasteiger partial charge in [-0.3, -0.25) is 4.90 Å². The number of aliphatic hydroxyl groups is 1. The van der Waals surface area contributed by atoms with Crippen LogP contribution in [0.15, 0.2) is 24.3 Å². The number of benzene rings is 1. The highest BCUT2D eigenvalue weighted by Gasteiger charge is 2.33. The van der Waals surface area contributed by atoms with Crippen LogP contribution in [0, 0.1) is 0 Å². The minimum atomic E-state index is -0.405. The van der Waals surface area contributed by atoms with Gasteiger partial charge in [-0.15, -0.1) is 0 Å².